The molecule has 4 rings (SSSR count). The van der Waals surface area contributed by atoms with Gasteiger partial charge in [-0.3, -0.25) is 9.59 Å². The van der Waals surface area contributed by atoms with Crippen molar-refractivity contribution < 1.29 is 14.3 Å². The lowest BCUT2D eigenvalue weighted by atomic mass is 9.88. The van der Waals surface area contributed by atoms with Crippen molar-refractivity contribution in [1.29, 1.82) is 0 Å². The summed E-state index contributed by atoms with van der Waals surface area (Å²) in [6.45, 7) is -0.327. The zero-order valence-corrected chi connectivity index (χ0v) is 19.0. The number of rotatable bonds is 7. The van der Waals surface area contributed by atoms with Crippen LogP contribution < -0.4 is 20.8 Å². The number of primary amides is 1. The number of hydrogen-bond acceptors (Lipinski definition) is 6. The summed E-state index contributed by atoms with van der Waals surface area (Å²) in [5.74, 6) is 0.756. The highest BCUT2D eigenvalue weighted by molar-refractivity contribution is 6.32. The SMILES string of the molecule is COc1cc(C=Nn2c(C3CCCCC3)nc3ccccc3c2=O)cc(Cl)c1OCC(N)=O. The molecule has 0 saturated heterocycles. The molecular formula is C24H25ClN4O4. The predicted molar refractivity (Wildman–Crippen MR) is 128 cm³/mol. The van der Waals surface area contributed by atoms with E-state index >= 15 is 0 Å². The first-order valence-corrected chi connectivity index (χ1v) is 11.2. The van der Waals surface area contributed by atoms with Crippen LogP contribution in [0.2, 0.25) is 5.02 Å². The third kappa shape index (κ3) is 5.01. The summed E-state index contributed by atoms with van der Waals surface area (Å²) in [4.78, 5) is 29.2. The minimum atomic E-state index is -0.628. The molecule has 2 aromatic carbocycles. The third-order valence-electron chi connectivity index (χ3n) is 5.68. The van der Waals surface area contributed by atoms with E-state index in [0.29, 0.717) is 28.0 Å². The van der Waals surface area contributed by atoms with Crippen molar-refractivity contribution in [2.45, 2.75) is 38.0 Å². The molecule has 0 aliphatic heterocycles. The lowest BCUT2D eigenvalue weighted by Gasteiger charge is -2.22. The number of carbonyl (C=O) groups excluding carboxylic acids is 1. The number of amides is 1. The largest absolute Gasteiger partial charge is 0.493 e. The number of benzene rings is 2. The van der Waals surface area contributed by atoms with Crippen molar-refractivity contribution in [3.63, 3.8) is 0 Å². The molecule has 0 spiro atoms. The molecule has 1 aliphatic carbocycles. The second-order valence-electron chi connectivity index (χ2n) is 7.97. The van der Waals surface area contributed by atoms with Crippen LogP contribution in [0.3, 0.4) is 0 Å². The molecule has 33 heavy (non-hydrogen) atoms. The van der Waals surface area contributed by atoms with Gasteiger partial charge in [0.15, 0.2) is 18.1 Å². The van der Waals surface area contributed by atoms with Gasteiger partial charge in [0.05, 0.1) is 29.2 Å². The molecule has 3 aromatic rings. The van der Waals surface area contributed by atoms with Gasteiger partial charge in [-0.15, -0.1) is 0 Å². The Hall–Kier alpha value is -3.39. The standard InChI is InChI=1S/C24H25ClN4O4/c1-32-20-12-15(11-18(25)22(20)33-14-21(26)30)13-27-29-23(16-7-3-2-4-8-16)28-19-10-6-5-9-17(19)24(29)31/h5-6,9-13,16H,2-4,7-8,14H2,1H3,(H2,26,30). The van der Waals surface area contributed by atoms with Gasteiger partial charge in [0.25, 0.3) is 11.5 Å². The normalized spacial score (nSPS) is 14.6. The van der Waals surface area contributed by atoms with Gasteiger partial charge < -0.3 is 15.2 Å². The maximum Gasteiger partial charge on any atom is 0.282 e. The van der Waals surface area contributed by atoms with E-state index in [1.54, 1.807) is 18.2 Å². The first-order valence-electron chi connectivity index (χ1n) is 10.8. The number of hydrogen-bond donors (Lipinski definition) is 1. The average Bonchev–Trinajstić information content (AvgIpc) is 2.82. The van der Waals surface area contributed by atoms with Gasteiger partial charge in [0.1, 0.15) is 5.82 Å². The third-order valence-corrected chi connectivity index (χ3v) is 5.96. The van der Waals surface area contributed by atoms with Gasteiger partial charge in [0.2, 0.25) is 0 Å². The van der Waals surface area contributed by atoms with Crippen LogP contribution in [0.15, 0.2) is 46.3 Å². The fourth-order valence-electron chi connectivity index (χ4n) is 4.10. The number of fused-ring (bicyclic) bond motifs is 1. The Kier molecular flexibility index (Phi) is 6.93. The summed E-state index contributed by atoms with van der Waals surface area (Å²) in [6.07, 6.45) is 6.90. The van der Waals surface area contributed by atoms with Crippen LogP contribution in [0, 0.1) is 0 Å². The minimum absolute atomic E-state index is 0.177. The summed E-state index contributed by atoms with van der Waals surface area (Å²) in [7, 11) is 1.46. The van der Waals surface area contributed by atoms with Crippen molar-refractivity contribution in [3.05, 3.63) is 63.2 Å². The Morgan fingerprint density at radius 2 is 2.03 bits per heavy atom. The molecule has 0 atom stereocenters. The molecule has 1 saturated carbocycles. The molecule has 2 N–H and O–H groups in total. The van der Waals surface area contributed by atoms with Crippen molar-refractivity contribution >= 4 is 34.6 Å². The van der Waals surface area contributed by atoms with Crippen LogP contribution in [0.5, 0.6) is 11.5 Å². The fourth-order valence-corrected chi connectivity index (χ4v) is 4.37. The van der Waals surface area contributed by atoms with Crippen LogP contribution in [0.25, 0.3) is 10.9 Å². The van der Waals surface area contributed by atoms with E-state index in [1.807, 2.05) is 18.2 Å². The average molecular weight is 469 g/mol. The predicted octanol–water partition coefficient (Wildman–Crippen LogP) is 3.85. The van der Waals surface area contributed by atoms with Gasteiger partial charge in [-0.05, 0) is 42.7 Å². The van der Waals surface area contributed by atoms with E-state index in [1.165, 1.54) is 24.4 Å². The number of nitrogens with two attached hydrogens (primary N) is 1. The van der Waals surface area contributed by atoms with Crippen LogP contribution in [0.4, 0.5) is 0 Å². The van der Waals surface area contributed by atoms with Gasteiger partial charge in [0, 0.05) is 5.92 Å². The first kappa shape index (κ1) is 22.8. The molecule has 9 heteroatoms. The number of carbonyl (C=O) groups is 1. The Labute approximate surface area is 196 Å². The number of methoxy groups -OCH3 is 1. The molecule has 0 unspecified atom stereocenters. The Morgan fingerprint density at radius 1 is 1.27 bits per heavy atom. The van der Waals surface area contributed by atoms with Crippen LogP contribution >= 0.6 is 11.6 Å². The van der Waals surface area contributed by atoms with Crippen molar-refractivity contribution in [3.8, 4) is 11.5 Å². The van der Waals surface area contributed by atoms with Gasteiger partial charge in [-0.25, -0.2) is 4.98 Å². The molecule has 1 amide bonds. The maximum absolute atomic E-state index is 13.3. The molecule has 0 radical (unpaired) electrons. The van der Waals surface area contributed by atoms with Crippen molar-refractivity contribution in [2.24, 2.45) is 10.8 Å². The van der Waals surface area contributed by atoms with Gasteiger partial charge in [-0.2, -0.15) is 9.78 Å². The number of para-hydroxylation sites is 1. The Morgan fingerprint density at radius 3 is 2.76 bits per heavy atom. The van der Waals surface area contributed by atoms with Crippen LogP contribution in [0.1, 0.15) is 49.4 Å². The van der Waals surface area contributed by atoms with Crippen molar-refractivity contribution in [2.75, 3.05) is 13.7 Å². The highest BCUT2D eigenvalue weighted by Gasteiger charge is 2.22. The van der Waals surface area contributed by atoms with Crippen LogP contribution in [-0.4, -0.2) is 35.5 Å². The summed E-state index contributed by atoms with van der Waals surface area (Å²) < 4.78 is 12.1. The molecule has 172 valence electrons. The summed E-state index contributed by atoms with van der Waals surface area (Å²) in [5, 5.41) is 5.25. The summed E-state index contributed by atoms with van der Waals surface area (Å²) in [6, 6.07) is 10.6. The second-order valence-corrected chi connectivity index (χ2v) is 8.38. The van der Waals surface area contributed by atoms with E-state index < -0.39 is 5.91 Å². The number of aromatic nitrogens is 2. The maximum atomic E-state index is 13.3. The lowest BCUT2D eigenvalue weighted by Crippen LogP contribution is -2.25. The molecule has 1 aliphatic rings. The molecule has 1 heterocycles. The van der Waals surface area contributed by atoms with E-state index in [4.69, 9.17) is 31.8 Å². The first-order chi connectivity index (χ1) is 16.0. The topological polar surface area (TPSA) is 109 Å². The second kappa shape index (κ2) is 10.0. The minimum Gasteiger partial charge on any atom is -0.493 e. The van der Waals surface area contributed by atoms with E-state index in [-0.39, 0.29) is 28.9 Å². The molecular weight excluding hydrogens is 444 g/mol. The molecule has 1 aromatic heterocycles. The lowest BCUT2D eigenvalue weighted by molar-refractivity contribution is -0.119. The summed E-state index contributed by atoms with van der Waals surface area (Å²) >= 11 is 6.34. The smallest absolute Gasteiger partial charge is 0.282 e. The Balaban J connectivity index is 1.76. The fraction of sp³-hybridized carbons (Fsp3) is 0.333. The number of ether oxygens (including phenoxy) is 2. The van der Waals surface area contributed by atoms with Crippen LogP contribution in [-0.2, 0) is 4.79 Å². The molecule has 0 bridgehead atoms. The Bertz CT molecular complexity index is 1270. The van der Waals surface area contributed by atoms with E-state index in [0.717, 1.165) is 25.7 Å². The number of halogens is 1. The molecule has 1 fully saturated rings. The van der Waals surface area contributed by atoms with Gasteiger partial charge in [-0.1, -0.05) is 43.0 Å². The van der Waals surface area contributed by atoms with Crippen molar-refractivity contribution in [1.82, 2.24) is 9.66 Å². The summed E-state index contributed by atoms with van der Waals surface area (Å²) in [5.41, 5.74) is 6.21. The quantitative estimate of drug-likeness (QED) is 0.529. The highest BCUT2D eigenvalue weighted by Crippen LogP contribution is 2.36. The zero-order chi connectivity index (χ0) is 23.4. The van der Waals surface area contributed by atoms with E-state index in [2.05, 4.69) is 5.10 Å². The zero-order valence-electron chi connectivity index (χ0n) is 18.3. The monoisotopic (exact) mass is 468 g/mol. The van der Waals surface area contributed by atoms with E-state index in [9.17, 15) is 9.59 Å². The van der Waals surface area contributed by atoms with Gasteiger partial charge >= 0.3 is 0 Å². The molecule has 8 nitrogen and oxygen atoms in total. The number of nitrogens with zero attached hydrogens (tertiary/aromatic N) is 3. The highest BCUT2D eigenvalue weighted by atomic mass is 35.5.